The van der Waals surface area contributed by atoms with Crippen LogP contribution < -0.4 is 10.5 Å². The Labute approximate surface area is 119 Å². The molecule has 0 aliphatic rings. The molecule has 1 heterocycles. The molecule has 2 unspecified atom stereocenters. The van der Waals surface area contributed by atoms with Crippen molar-refractivity contribution in [1.82, 2.24) is 0 Å². The molecule has 0 aliphatic carbocycles. The van der Waals surface area contributed by atoms with Crippen LogP contribution in [0.5, 0.6) is 5.75 Å². The minimum absolute atomic E-state index is 0.163. The van der Waals surface area contributed by atoms with Crippen LogP contribution in [0.15, 0.2) is 41.8 Å². The number of alkyl halides is 3. The molecule has 0 saturated heterocycles. The Bertz CT molecular complexity index is 552. The minimum Gasteiger partial charge on any atom is -0.483 e. The molecule has 2 rings (SSSR count). The van der Waals surface area contributed by atoms with E-state index < -0.39 is 17.8 Å². The van der Waals surface area contributed by atoms with Crippen LogP contribution in [0.2, 0.25) is 0 Å². The third-order valence-corrected chi connectivity index (χ3v) is 3.66. The van der Waals surface area contributed by atoms with Crippen molar-refractivity contribution in [2.45, 2.75) is 25.2 Å². The van der Waals surface area contributed by atoms with E-state index in [1.807, 2.05) is 17.5 Å². The predicted molar refractivity (Wildman–Crippen MR) is 72.8 cm³/mol. The number of nitrogens with two attached hydrogens (primary N) is 1. The summed E-state index contributed by atoms with van der Waals surface area (Å²) < 4.78 is 43.6. The van der Waals surface area contributed by atoms with E-state index in [2.05, 4.69) is 0 Å². The lowest BCUT2D eigenvalue weighted by Crippen LogP contribution is -2.28. The molecule has 2 N–H and O–H groups in total. The van der Waals surface area contributed by atoms with Gasteiger partial charge in [0.15, 0.2) is 0 Å². The van der Waals surface area contributed by atoms with Crippen LogP contribution in [-0.4, -0.2) is 6.04 Å². The molecule has 0 spiro atoms. The van der Waals surface area contributed by atoms with E-state index in [-0.39, 0.29) is 11.8 Å². The van der Waals surface area contributed by atoms with Crippen molar-refractivity contribution in [1.29, 1.82) is 0 Å². The maximum Gasteiger partial charge on any atom is 0.416 e. The van der Waals surface area contributed by atoms with Crippen molar-refractivity contribution in [2.75, 3.05) is 0 Å². The van der Waals surface area contributed by atoms with E-state index in [1.54, 1.807) is 6.92 Å². The second-order valence-corrected chi connectivity index (χ2v) is 5.42. The van der Waals surface area contributed by atoms with Gasteiger partial charge in [0.25, 0.3) is 0 Å². The first-order valence-corrected chi connectivity index (χ1v) is 6.89. The molecule has 0 radical (unpaired) electrons. The van der Waals surface area contributed by atoms with Gasteiger partial charge in [0.1, 0.15) is 11.9 Å². The van der Waals surface area contributed by atoms with Crippen molar-refractivity contribution in [3.8, 4) is 5.75 Å². The maximum absolute atomic E-state index is 12.7. The molecule has 2 aromatic rings. The van der Waals surface area contributed by atoms with E-state index in [4.69, 9.17) is 10.5 Å². The third-order valence-electron chi connectivity index (χ3n) is 2.73. The standard InChI is InChI=1S/C14H14F3NOS/c1-9(18)13(12-6-3-7-20-12)19-11-5-2-4-10(8-11)14(15,16)17/h2-9,13H,18H2,1H3. The number of halogens is 3. The van der Waals surface area contributed by atoms with Crippen molar-refractivity contribution in [2.24, 2.45) is 5.73 Å². The Morgan fingerprint density at radius 3 is 2.50 bits per heavy atom. The molecule has 0 bridgehead atoms. The minimum atomic E-state index is -4.38. The van der Waals surface area contributed by atoms with E-state index in [0.717, 1.165) is 17.0 Å². The first-order valence-electron chi connectivity index (χ1n) is 6.01. The first-order chi connectivity index (χ1) is 9.38. The molecule has 0 aliphatic heterocycles. The molecule has 0 amide bonds. The summed E-state index contributed by atoms with van der Waals surface area (Å²) in [4.78, 5) is 0.886. The van der Waals surface area contributed by atoms with Gasteiger partial charge in [-0.05, 0) is 36.6 Å². The Morgan fingerprint density at radius 2 is 1.95 bits per heavy atom. The molecule has 1 aromatic carbocycles. The number of ether oxygens (including phenoxy) is 1. The number of thiophene rings is 1. The van der Waals surface area contributed by atoms with E-state index in [0.29, 0.717) is 0 Å². The third kappa shape index (κ3) is 3.52. The highest BCUT2D eigenvalue weighted by atomic mass is 32.1. The van der Waals surface area contributed by atoms with Crippen LogP contribution in [0.3, 0.4) is 0 Å². The van der Waals surface area contributed by atoms with Gasteiger partial charge in [-0.25, -0.2) is 0 Å². The fourth-order valence-corrected chi connectivity index (χ4v) is 2.64. The molecule has 20 heavy (non-hydrogen) atoms. The van der Waals surface area contributed by atoms with E-state index in [1.165, 1.54) is 23.5 Å². The summed E-state index contributed by atoms with van der Waals surface area (Å²) in [7, 11) is 0. The number of hydrogen-bond acceptors (Lipinski definition) is 3. The number of benzene rings is 1. The summed E-state index contributed by atoms with van der Waals surface area (Å²) in [5.41, 5.74) is 5.13. The SMILES string of the molecule is CC(N)C(Oc1cccc(C(F)(F)F)c1)c1cccs1. The fraction of sp³-hybridized carbons (Fsp3) is 0.286. The topological polar surface area (TPSA) is 35.2 Å². The molecular weight excluding hydrogens is 287 g/mol. The molecular formula is C14H14F3NOS. The van der Waals surface area contributed by atoms with Crippen LogP contribution in [0.1, 0.15) is 23.5 Å². The van der Waals surface area contributed by atoms with Crippen LogP contribution in [0.4, 0.5) is 13.2 Å². The summed E-state index contributed by atoms with van der Waals surface area (Å²) in [5, 5.41) is 1.88. The fourth-order valence-electron chi connectivity index (χ4n) is 1.77. The predicted octanol–water partition coefficient (Wildman–Crippen LogP) is 4.23. The zero-order chi connectivity index (χ0) is 14.8. The van der Waals surface area contributed by atoms with Gasteiger partial charge in [0.2, 0.25) is 0 Å². The highest BCUT2D eigenvalue weighted by molar-refractivity contribution is 7.10. The molecule has 108 valence electrons. The number of rotatable bonds is 4. The van der Waals surface area contributed by atoms with Crippen LogP contribution >= 0.6 is 11.3 Å². The Balaban J connectivity index is 2.24. The van der Waals surface area contributed by atoms with Crippen molar-refractivity contribution in [3.05, 3.63) is 52.2 Å². The number of hydrogen-bond donors (Lipinski definition) is 1. The Morgan fingerprint density at radius 1 is 1.20 bits per heavy atom. The molecule has 0 fully saturated rings. The van der Waals surface area contributed by atoms with Gasteiger partial charge in [0.05, 0.1) is 5.56 Å². The molecule has 2 nitrogen and oxygen atoms in total. The van der Waals surface area contributed by atoms with Crippen molar-refractivity contribution < 1.29 is 17.9 Å². The van der Waals surface area contributed by atoms with Crippen LogP contribution in [0.25, 0.3) is 0 Å². The average molecular weight is 301 g/mol. The first kappa shape index (κ1) is 14.9. The lowest BCUT2D eigenvalue weighted by Gasteiger charge is -2.22. The average Bonchev–Trinajstić information content (AvgIpc) is 2.88. The zero-order valence-electron chi connectivity index (χ0n) is 10.7. The smallest absolute Gasteiger partial charge is 0.416 e. The molecule has 1 aromatic heterocycles. The van der Waals surface area contributed by atoms with Gasteiger partial charge < -0.3 is 10.5 Å². The van der Waals surface area contributed by atoms with Gasteiger partial charge in [-0.1, -0.05) is 12.1 Å². The van der Waals surface area contributed by atoms with Crippen molar-refractivity contribution in [3.63, 3.8) is 0 Å². The van der Waals surface area contributed by atoms with Crippen molar-refractivity contribution >= 4 is 11.3 Å². The molecule has 0 saturated carbocycles. The quantitative estimate of drug-likeness (QED) is 0.917. The highest BCUT2D eigenvalue weighted by Gasteiger charge is 2.31. The van der Waals surface area contributed by atoms with E-state index in [9.17, 15) is 13.2 Å². The molecule has 6 heteroatoms. The van der Waals surface area contributed by atoms with Crippen LogP contribution in [-0.2, 0) is 6.18 Å². The van der Waals surface area contributed by atoms with Gasteiger partial charge in [-0.15, -0.1) is 11.3 Å². The summed E-state index contributed by atoms with van der Waals surface area (Å²) in [6, 6.07) is 8.20. The van der Waals surface area contributed by atoms with E-state index >= 15 is 0 Å². The van der Waals surface area contributed by atoms with Gasteiger partial charge in [-0.3, -0.25) is 0 Å². The second kappa shape index (κ2) is 5.85. The normalized spacial score (nSPS) is 14.8. The summed E-state index contributed by atoms with van der Waals surface area (Å²) in [6.07, 6.45) is -4.84. The van der Waals surface area contributed by atoms with Gasteiger partial charge in [-0.2, -0.15) is 13.2 Å². The second-order valence-electron chi connectivity index (χ2n) is 4.44. The highest BCUT2D eigenvalue weighted by Crippen LogP contribution is 2.33. The Hall–Kier alpha value is -1.53. The Kier molecular flexibility index (Phi) is 4.35. The summed E-state index contributed by atoms with van der Waals surface area (Å²) in [6.45, 7) is 1.76. The summed E-state index contributed by atoms with van der Waals surface area (Å²) >= 11 is 1.46. The molecule has 2 atom stereocenters. The van der Waals surface area contributed by atoms with Crippen LogP contribution in [0, 0.1) is 0 Å². The van der Waals surface area contributed by atoms with Gasteiger partial charge >= 0.3 is 6.18 Å². The summed E-state index contributed by atoms with van der Waals surface area (Å²) in [5.74, 6) is 0.163. The lowest BCUT2D eigenvalue weighted by atomic mass is 10.1. The maximum atomic E-state index is 12.7. The monoisotopic (exact) mass is 301 g/mol. The zero-order valence-corrected chi connectivity index (χ0v) is 11.5. The lowest BCUT2D eigenvalue weighted by molar-refractivity contribution is -0.137. The van der Waals surface area contributed by atoms with Gasteiger partial charge in [0, 0.05) is 10.9 Å². The largest absolute Gasteiger partial charge is 0.483 e.